The molecule has 22 heavy (non-hydrogen) atoms. The Bertz CT molecular complexity index is 602. The van der Waals surface area contributed by atoms with Crippen molar-refractivity contribution >= 4 is 12.6 Å². The maximum Gasteiger partial charge on any atom is 0.0629 e. The zero-order chi connectivity index (χ0) is 15.1. The average Bonchev–Trinajstić information content (AvgIpc) is 2.41. The van der Waals surface area contributed by atoms with E-state index in [9.17, 15) is 9.59 Å². The molecule has 0 unspecified atom stereocenters. The Labute approximate surface area is 183 Å². The van der Waals surface area contributed by atoms with Crippen LogP contribution in [0, 0.1) is 27.7 Å². The molecule has 0 heterocycles. The van der Waals surface area contributed by atoms with E-state index in [4.69, 9.17) is 0 Å². The van der Waals surface area contributed by atoms with Gasteiger partial charge in [0.25, 0.3) is 0 Å². The molecule has 0 saturated carbocycles. The van der Waals surface area contributed by atoms with Crippen molar-refractivity contribution in [1.82, 2.24) is 0 Å². The van der Waals surface area contributed by atoms with Crippen LogP contribution < -0.4 is 0 Å². The molecule has 0 atom stereocenters. The minimum atomic E-state index is 0. The second-order valence-corrected chi connectivity index (χ2v) is 4.90. The molecule has 0 aliphatic heterocycles. The summed E-state index contributed by atoms with van der Waals surface area (Å²) in [5, 5.41) is 0. The molecule has 0 aliphatic carbocycles. The van der Waals surface area contributed by atoms with Crippen molar-refractivity contribution in [3.8, 4) is 0 Å². The van der Waals surface area contributed by atoms with Gasteiger partial charge in [0.1, 0.15) is 0 Å². The SMILES string of the molecule is Cc1cc(C)cc([C-]=O)c1.Cc1ccc(C)c([C-]=O)c1.[Y].[Y]. The summed E-state index contributed by atoms with van der Waals surface area (Å²) in [6, 6.07) is 11.4. The fraction of sp³-hybridized carbons (Fsp3) is 0.222. The van der Waals surface area contributed by atoms with Crippen LogP contribution in [0.15, 0.2) is 36.4 Å². The average molecular weight is 444 g/mol. The standard InChI is InChI=1S/2C9H9O.2Y/c1-7-3-8(2)5-9(4-7)6-10;1-7-3-4-8(2)9(5-7)6-10;;/h2*3-5H,1-2H3;;/q2*-1;;. The Morgan fingerprint density at radius 1 is 0.682 bits per heavy atom. The third-order valence-electron chi connectivity index (χ3n) is 2.84. The second kappa shape index (κ2) is 12.4. The van der Waals surface area contributed by atoms with Crippen molar-refractivity contribution < 1.29 is 75.0 Å². The zero-order valence-corrected chi connectivity index (χ0v) is 19.1. The molecule has 0 fully saturated rings. The van der Waals surface area contributed by atoms with E-state index >= 15 is 0 Å². The Morgan fingerprint density at radius 2 is 1.23 bits per heavy atom. The van der Waals surface area contributed by atoms with Gasteiger partial charge in [0.15, 0.2) is 0 Å². The molecule has 0 aromatic heterocycles. The van der Waals surface area contributed by atoms with Crippen LogP contribution in [-0.2, 0) is 75.0 Å². The van der Waals surface area contributed by atoms with Gasteiger partial charge in [-0.25, -0.2) is 0 Å². The van der Waals surface area contributed by atoms with Crippen molar-refractivity contribution in [2.45, 2.75) is 27.7 Å². The van der Waals surface area contributed by atoms with Gasteiger partial charge in [-0.2, -0.15) is 23.8 Å². The first-order valence-electron chi connectivity index (χ1n) is 6.38. The van der Waals surface area contributed by atoms with Crippen molar-refractivity contribution in [2.75, 3.05) is 0 Å². The van der Waals surface area contributed by atoms with Crippen LogP contribution >= 0.6 is 0 Å². The topological polar surface area (TPSA) is 34.1 Å². The molecule has 0 saturated heterocycles. The first-order valence-corrected chi connectivity index (χ1v) is 6.38. The third-order valence-corrected chi connectivity index (χ3v) is 2.84. The maximum absolute atomic E-state index is 10.3. The van der Waals surface area contributed by atoms with Gasteiger partial charge in [-0.15, -0.1) is 33.9 Å². The molecule has 2 radical (unpaired) electrons. The molecule has 0 spiro atoms. The van der Waals surface area contributed by atoms with Crippen LogP contribution in [0.25, 0.3) is 0 Å². The molecule has 0 N–H and O–H groups in total. The first kappa shape index (κ1) is 24.2. The molecule has 0 amide bonds. The van der Waals surface area contributed by atoms with Gasteiger partial charge in [-0.05, 0) is 0 Å². The first-order chi connectivity index (χ1) is 9.46. The monoisotopic (exact) mass is 444 g/mol. The minimum absolute atomic E-state index is 0. The number of rotatable bonds is 2. The predicted molar refractivity (Wildman–Crippen MR) is 81.4 cm³/mol. The molecule has 0 aliphatic rings. The number of hydrogen-bond acceptors (Lipinski definition) is 2. The molecule has 2 aromatic carbocycles. The molecular weight excluding hydrogens is 426 g/mol. The summed E-state index contributed by atoms with van der Waals surface area (Å²) in [6.45, 7) is 7.79. The summed E-state index contributed by atoms with van der Waals surface area (Å²) in [4.78, 5) is 20.4. The largest absolute Gasteiger partial charge is 0.376 e. The van der Waals surface area contributed by atoms with Gasteiger partial charge in [0.2, 0.25) is 0 Å². The third kappa shape index (κ3) is 8.58. The fourth-order valence-corrected chi connectivity index (χ4v) is 1.88. The van der Waals surface area contributed by atoms with E-state index in [1.807, 2.05) is 76.7 Å². The van der Waals surface area contributed by atoms with Crippen molar-refractivity contribution in [1.29, 1.82) is 0 Å². The Kier molecular flexibility index (Phi) is 13.7. The van der Waals surface area contributed by atoms with Crippen molar-refractivity contribution in [3.05, 3.63) is 69.8 Å². The van der Waals surface area contributed by atoms with E-state index in [-0.39, 0.29) is 65.4 Å². The van der Waals surface area contributed by atoms with Gasteiger partial charge in [-0.1, -0.05) is 39.8 Å². The van der Waals surface area contributed by atoms with E-state index in [2.05, 4.69) is 0 Å². The van der Waals surface area contributed by atoms with E-state index < -0.39 is 0 Å². The van der Waals surface area contributed by atoms with Crippen LogP contribution in [0.4, 0.5) is 0 Å². The maximum atomic E-state index is 10.3. The summed E-state index contributed by atoms with van der Waals surface area (Å²) in [5.74, 6) is 0. The number of aryl methyl sites for hydroxylation is 4. The number of benzene rings is 2. The Balaban J connectivity index is 0. The second-order valence-electron chi connectivity index (χ2n) is 4.90. The zero-order valence-electron chi connectivity index (χ0n) is 13.4. The van der Waals surface area contributed by atoms with Gasteiger partial charge >= 0.3 is 0 Å². The van der Waals surface area contributed by atoms with Gasteiger partial charge < -0.3 is 9.59 Å². The van der Waals surface area contributed by atoms with Crippen molar-refractivity contribution in [3.63, 3.8) is 0 Å². The van der Waals surface area contributed by atoms with Gasteiger partial charge in [0, 0.05) is 65.4 Å². The van der Waals surface area contributed by atoms with Crippen LogP contribution in [-0.4, -0.2) is 12.6 Å². The fourth-order valence-electron chi connectivity index (χ4n) is 1.88. The van der Waals surface area contributed by atoms with Gasteiger partial charge in [-0.3, -0.25) is 0 Å². The molecule has 2 rings (SSSR count). The minimum Gasteiger partial charge on any atom is -0.376 e. The van der Waals surface area contributed by atoms with Gasteiger partial charge in [0.05, 0.1) is 12.6 Å². The van der Waals surface area contributed by atoms with Crippen LogP contribution in [0.2, 0.25) is 0 Å². The van der Waals surface area contributed by atoms with Crippen LogP contribution in [0.5, 0.6) is 0 Å². The summed E-state index contributed by atoms with van der Waals surface area (Å²) >= 11 is 0. The molecular formula is C18H18O2Y2-2. The smallest absolute Gasteiger partial charge is 0.0629 e. The summed E-state index contributed by atoms with van der Waals surface area (Å²) < 4.78 is 0. The number of hydrogen-bond donors (Lipinski definition) is 0. The molecule has 110 valence electrons. The molecule has 0 bridgehead atoms. The van der Waals surface area contributed by atoms with Crippen LogP contribution in [0.3, 0.4) is 0 Å². The van der Waals surface area contributed by atoms with E-state index in [1.54, 1.807) is 0 Å². The van der Waals surface area contributed by atoms with E-state index in [0.29, 0.717) is 11.1 Å². The normalized spacial score (nSPS) is 8.55. The summed E-state index contributed by atoms with van der Waals surface area (Å²) in [6.07, 6.45) is 3.74. The van der Waals surface area contributed by atoms with Crippen molar-refractivity contribution in [2.24, 2.45) is 0 Å². The molecule has 2 aromatic rings. The van der Waals surface area contributed by atoms with E-state index in [1.165, 1.54) is 0 Å². The Morgan fingerprint density at radius 3 is 1.64 bits per heavy atom. The summed E-state index contributed by atoms with van der Waals surface area (Å²) in [7, 11) is 0. The summed E-state index contributed by atoms with van der Waals surface area (Å²) in [5.41, 5.74) is 5.61. The van der Waals surface area contributed by atoms with E-state index in [0.717, 1.165) is 22.3 Å². The Hall–Kier alpha value is -0.0122. The molecule has 2 nitrogen and oxygen atoms in total. The molecule has 4 heteroatoms. The van der Waals surface area contributed by atoms with Crippen LogP contribution in [0.1, 0.15) is 33.4 Å². The predicted octanol–water partition coefficient (Wildman–Crippen LogP) is 3.52. The quantitative estimate of drug-likeness (QED) is 0.665. The number of carbonyl (C=O) groups excluding carboxylic acids is 2.